The van der Waals surface area contributed by atoms with Crippen LogP contribution in [0.2, 0.25) is 0 Å². The van der Waals surface area contributed by atoms with Gasteiger partial charge in [-0.3, -0.25) is 14.2 Å². The second kappa shape index (κ2) is 7.97. The molecule has 1 heterocycles. The number of ketones is 1. The number of benzene rings is 3. The van der Waals surface area contributed by atoms with Crippen molar-refractivity contribution in [2.75, 3.05) is 5.75 Å². The molecule has 0 radical (unpaired) electrons. The fourth-order valence-electron chi connectivity index (χ4n) is 2.92. The predicted octanol–water partition coefficient (Wildman–Crippen LogP) is 4.64. The fourth-order valence-corrected chi connectivity index (χ4v) is 3.82. The second-order valence-electron chi connectivity index (χ2n) is 6.23. The average Bonchev–Trinajstić information content (AvgIpc) is 2.73. The summed E-state index contributed by atoms with van der Waals surface area (Å²) in [7, 11) is 0. The van der Waals surface area contributed by atoms with E-state index in [-0.39, 0.29) is 22.4 Å². The number of para-hydroxylation sites is 1. The summed E-state index contributed by atoms with van der Waals surface area (Å²) in [6.07, 6.45) is 0. The van der Waals surface area contributed by atoms with Crippen LogP contribution in [-0.4, -0.2) is 21.1 Å². The van der Waals surface area contributed by atoms with Crippen molar-refractivity contribution in [3.63, 3.8) is 0 Å². The number of rotatable bonds is 5. The maximum absolute atomic E-state index is 14.5. The molecule has 0 aliphatic carbocycles. The van der Waals surface area contributed by atoms with Crippen LogP contribution < -0.4 is 5.56 Å². The molecule has 0 spiro atoms. The third kappa shape index (κ3) is 3.82. The van der Waals surface area contributed by atoms with Crippen molar-refractivity contribution in [3.05, 3.63) is 100 Å². The summed E-state index contributed by atoms with van der Waals surface area (Å²) in [4.78, 5) is 30.0. The number of thioether (sulfide) groups is 1. The molecule has 4 rings (SSSR count). The van der Waals surface area contributed by atoms with Crippen molar-refractivity contribution >= 4 is 28.4 Å². The summed E-state index contributed by atoms with van der Waals surface area (Å²) < 4.78 is 28.9. The van der Waals surface area contributed by atoms with E-state index in [1.165, 1.54) is 6.07 Å². The van der Waals surface area contributed by atoms with E-state index >= 15 is 0 Å². The normalized spacial score (nSPS) is 11.0. The molecule has 0 atom stereocenters. The Bertz CT molecular complexity index is 1270. The summed E-state index contributed by atoms with van der Waals surface area (Å²) >= 11 is 1.03. The molecule has 144 valence electrons. The quantitative estimate of drug-likeness (QED) is 0.274. The van der Waals surface area contributed by atoms with Gasteiger partial charge >= 0.3 is 0 Å². The number of carbonyl (C=O) groups excluding carboxylic acids is 1. The summed E-state index contributed by atoms with van der Waals surface area (Å²) in [6.45, 7) is 0. The Morgan fingerprint density at radius 3 is 2.45 bits per heavy atom. The highest BCUT2D eigenvalue weighted by molar-refractivity contribution is 7.99. The zero-order valence-electron chi connectivity index (χ0n) is 15.0. The van der Waals surface area contributed by atoms with E-state index in [0.29, 0.717) is 22.5 Å². The molecule has 29 heavy (non-hydrogen) atoms. The van der Waals surface area contributed by atoms with Crippen LogP contribution in [0, 0.1) is 11.6 Å². The number of aromatic nitrogens is 2. The van der Waals surface area contributed by atoms with Gasteiger partial charge in [0.15, 0.2) is 10.9 Å². The standard InChI is InChI=1S/C22H14F2N2O2S/c23-15-10-11-19(17(24)12-15)26-21(28)16-8-4-5-9-18(16)25-22(26)29-13-20(27)14-6-2-1-3-7-14/h1-12H,13H2. The van der Waals surface area contributed by atoms with Gasteiger partial charge in [0.1, 0.15) is 11.6 Å². The Balaban J connectivity index is 1.81. The number of carbonyl (C=O) groups is 1. The molecule has 0 N–H and O–H groups in total. The first kappa shape index (κ1) is 19.0. The van der Waals surface area contributed by atoms with Gasteiger partial charge in [0.25, 0.3) is 5.56 Å². The van der Waals surface area contributed by atoms with Crippen molar-refractivity contribution in [1.29, 1.82) is 0 Å². The van der Waals surface area contributed by atoms with Crippen molar-refractivity contribution in [3.8, 4) is 5.69 Å². The minimum Gasteiger partial charge on any atom is -0.293 e. The van der Waals surface area contributed by atoms with Gasteiger partial charge < -0.3 is 0 Å². The largest absolute Gasteiger partial charge is 0.293 e. The molecule has 0 aliphatic heterocycles. The predicted molar refractivity (Wildman–Crippen MR) is 109 cm³/mol. The molecule has 0 bridgehead atoms. The van der Waals surface area contributed by atoms with Crippen LogP contribution in [0.3, 0.4) is 0 Å². The summed E-state index contributed by atoms with van der Waals surface area (Å²) in [6, 6.07) is 18.4. The smallest absolute Gasteiger partial charge is 0.266 e. The fraction of sp³-hybridized carbons (Fsp3) is 0.0455. The number of hydrogen-bond acceptors (Lipinski definition) is 4. The number of Topliss-reactive ketones (excluding diaryl/α,β-unsaturated/α-hetero) is 1. The highest BCUT2D eigenvalue weighted by Gasteiger charge is 2.18. The molecular weight excluding hydrogens is 394 g/mol. The molecule has 1 aromatic heterocycles. The summed E-state index contributed by atoms with van der Waals surface area (Å²) in [5, 5.41) is 0.457. The molecular formula is C22H14F2N2O2S. The third-order valence-electron chi connectivity index (χ3n) is 4.32. The lowest BCUT2D eigenvalue weighted by Gasteiger charge is -2.13. The maximum atomic E-state index is 14.5. The highest BCUT2D eigenvalue weighted by atomic mass is 32.2. The highest BCUT2D eigenvalue weighted by Crippen LogP contribution is 2.24. The molecule has 0 saturated carbocycles. The van der Waals surface area contributed by atoms with E-state index in [4.69, 9.17) is 0 Å². The lowest BCUT2D eigenvalue weighted by molar-refractivity contribution is 0.102. The van der Waals surface area contributed by atoms with Gasteiger partial charge in [-0.2, -0.15) is 0 Å². The van der Waals surface area contributed by atoms with Gasteiger partial charge in [0, 0.05) is 11.6 Å². The molecule has 0 aliphatic rings. The Kier molecular flexibility index (Phi) is 5.22. The van der Waals surface area contributed by atoms with Crippen LogP contribution >= 0.6 is 11.8 Å². The first-order chi connectivity index (χ1) is 14.0. The van der Waals surface area contributed by atoms with Crippen LogP contribution in [-0.2, 0) is 0 Å². The van der Waals surface area contributed by atoms with E-state index in [2.05, 4.69) is 4.98 Å². The van der Waals surface area contributed by atoms with Crippen LogP contribution in [0.4, 0.5) is 8.78 Å². The van der Waals surface area contributed by atoms with Crippen molar-refractivity contribution in [2.45, 2.75) is 5.16 Å². The third-order valence-corrected chi connectivity index (χ3v) is 5.26. The van der Waals surface area contributed by atoms with Gasteiger partial charge in [-0.25, -0.2) is 13.8 Å². The number of hydrogen-bond donors (Lipinski definition) is 0. The van der Waals surface area contributed by atoms with E-state index in [0.717, 1.165) is 22.4 Å². The van der Waals surface area contributed by atoms with Crippen LogP contribution in [0.25, 0.3) is 16.6 Å². The maximum Gasteiger partial charge on any atom is 0.266 e. The van der Waals surface area contributed by atoms with Crippen molar-refractivity contribution in [1.82, 2.24) is 9.55 Å². The number of nitrogens with zero attached hydrogens (tertiary/aromatic N) is 2. The van der Waals surface area contributed by atoms with Gasteiger partial charge in [-0.05, 0) is 24.3 Å². The summed E-state index contributed by atoms with van der Waals surface area (Å²) in [5.74, 6) is -1.77. The zero-order valence-corrected chi connectivity index (χ0v) is 15.8. The molecule has 3 aromatic carbocycles. The lowest BCUT2D eigenvalue weighted by atomic mass is 10.2. The van der Waals surface area contributed by atoms with E-state index < -0.39 is 17.2 Å². The van der Waals surface area contributed by atoms with Gasteiger partial charge in [-0.15, -0.1) is 0 Å². The van der Waals surface area contributed by atoms with Crippen molar-refractivity contribution < 1.29 is 13.6 Å². The van der Waals surface area contributed by atoms with Gasteiger partial charge in [-0.1, -0.05) is 54.2 Å². The van der Waals surface area contributed by atoms with Gasteiger partial charge in [0.2, 0.25) is 0 Å². The van der Waals surface area contributed by atoms with Crippen LogP contribution in [0.5, 0.6) is 0 Å². The molecule has 4 aromatic rings. The first-order valence-electron chi connectivity index (χ1n) is 8.73. The Hall–Kier alpha value is -3.32. The number of halogens is 2. The minimum absolute atomic E-state index is 0.0115. The van der Waals surface area contributed by atoms with Gasteiger partial charge in [0.05, 0.1) is 22.3 Å². The van der Waals surface area contributed by atoms with Crippen LogP contribution in [0.15, 0.2) is 82.7 Å². The SMILES string of the molecule is O=C(CSc1nc2ccccc2c(=O)n1-c1ccc(F)cc1F)c1ccccc1. The molecule has 4 nitrogen and oxygen atoms in total. The topological polar surface area (TPSA) is 52.0 Å². The van der Waals surface area contributed by atoms with Crippen LogP contribution in [0.1, 0.15) is 10.4 Å². The Morgan fingerprint density at radius 1 is 0.966 bits per heavy atom. The molecule has 7 heteroatoms. The molecule has 0 unspecified atom stereocenters. The molecule has 0 fully saturated rings. The van der Waals surface area contributed by atoms with E-state index in [1.807, 2.05) is 6.07 Å². The monoisotopic (exact) mass is 408 g/mol. The first-order valence-corrected chi connectivity index (χ1v) is 9.71. The van der Waals surface area contributed by atoms with Crippen molar-refractivity contribution in [2.24, 2.45) is 0 Å². The van der Waals surface area contributed by atoms with E-state index in [1.54, 1.807) is 48.5 Å². The number of fused-ring (bicyclic) bond motifs is 1. The lowest BCUT2D eigenvalue weighted by Crippen LogP contribution is -2.23. The minimum atomic E-state index is -0.889. The molecule has 0 amide bonds. The average molecular weight is 408 g/mol. The Labute approximate surface area is 168 Å². The van der Waals surface area contributed by atoms with E-state index in [9.17, 15) is 18.4 Å². The molecule has 0 saturated heterocycles. The second-order valence-corrected chi connectivity index (χ2v) is 7.17. The Morgan fingerprint density at radius 2 is 1.69 bits per heavy atom. The summed E-state index contributed by atoms with van der Waals surface area (Å²) in [5.41, 5.74) is 0.355. The zero-order chi connectivity index (χ0) is 20.4.